The molecule has 1 aliphatic heterocycles. The topological polar surface area (TPSA) is 79.7 Å². The highest BCUT2D eigenvalue weighted by molar-refractivity contribution is 6.30. The number of rotatable bonds is 4. The van der Waals surface area contributed by atoms with Gasteiger partial charge in [-0.05, 0) is 55.3 Å². The van der Waals surface area contributed by atoms with Crippen LogP contribution in [0.2, 0.25) is 5.02 Å². The van der Waals surface area contributed by atoms with Crippen molar-refractivity contribution in [1.29, 1.82) is 0 Å². The molecule has 172 valence electrons. The van der Waals surface area contributed by atoms with Gasteiger partial charge in [0.1, 0.15) is 11.4 Å². The number of urea groups is 1. The summed E-state index contributed by atoms with van der Waals surface area (Å²) in [5.41, 5.74) is 2.84. The minimum absolute atomic E-state index is 0.155. The third-order valence-electron chi connectivity index (χ3n) is 5.54. The van der Waals surface area contributed by atoms with Gasteiger partial charge in [0.2, 0.25) is 0 Å². The number of halogens is 1. The van der Waals surface area contributed by atoms with Gasteiger partial charge in [-0.3, -0.25) is 4.79 Å². The van der Waals surface area contributed by atoms with Crippen LogP contribution in [0.4, 0.5) is 10.5 Å². The minimum atomic E-state index is -0.206. The molecule has 0 unspecified atom stereocenters. The molecular weight excluding hydrogens is 442 g/mol. The summed E-state index contributed by atoms with van der Waals surface area (Å²) in [5, 5.41) is 7.92. The summed E-state index contributed by atoms with van der Waals surface area (Å²) >= 11 is 5.99. The molecule has 3 aromatic rings. The van der Waals surface area contributed by atoms with Gasteiger partial charge in [-0.25, -0.2) is 9.48 Å². The van der Waals surface area contributed by atoms with Crippen LogP contribution in [0, 0.1) is 6.92 Å². The molecule has 1 fully saturated rings. The van der Waals surface area contributed by atoms with Gasteiger partial charge >= 0.3 is 6.03 Å². The average Bonchev–Trinajstić information content (AvgIpc) is 3.16. The molecule has 2 heterocycles. The van der Waals surface area contributed by atoms with Crippen molar-refractivity contribution in [2.45, 2.75) is 13.3 Å². The number of amides is 3. The van der Waals surface area contributed by atoms with Crippen molar-refractivity contribution in [3.63, 3.8) is 0 Å². The van der Waals surface area contributed by atoms with E-state index >= 15 is 0 Å². The van der Waals surface area contributed by atoms with E-state index in [4.69, 9.17) is 16.3 Å². The van der Waals surface area contributed by atoms with Gasteiger partial charge in [-0.2, -0.15) is 5.10 Å². The summed E-state index contributed by atoms with van der Waals surface area (Å²) in [6.45, 7) is 3.97. The van der Waals surface area contributed by atoms with E-state index in [1.807, 2.05) is 25.1 Å². The standard InChI is InChI=1S/C24H26ClN5O3/c1-17-7-8-22(33-2)21(15-17)30-12-9-20(27-30)23(31)28-10-4-11-29(14-13-28)24(32)26-19-6-3-5-18(25)16-19/h3,5-9,12,15-16H,4,10-11,13-14H2,1-2H3,(H,26,32). The Balaban J connectivity index is 1.41. The summed E-state index contributed by atoms with van der Waals surface area (Å²) in [7, 11) is 1.61. The van der Waals surface area contributed by atoms with Crippen LogP contribution in [-0.2, 0) is 0 Å². The van der Waals surface area contributed by atoms with Gasteiger partial charge in [-0.15, -0.1) is 0 Å². The normalized spacial score (nSPS) is 14.0. The Morgan fingerprint density at radius 3 is 2.61 bits per heavy atom. The first kappa shape index (κ1) is 22.7. The number of nitrogens with zero attached hydrogens (tertiary/aromatic N) is 4. The quantitative estimate of drug-likeness (QED) is 0.623. The van der Waals surface area contributed by atoms with Crippen molar-refractivity contribution in [1.82, 2.24) is 19.6 Å². The van der Waals surface area contributed by atoms with E-state index < -0.39 is 0 Å². The van der Waals surface area contributed by atoms with E-state index in [2.05, 4.69) is 10.4 Å². The fourth-order valence-corrected chi connectivity index (χ4v) is 4.00. The van der Waals surface area contributed by atoms with Crippen molar-refractivity contribution in [3.05, 3.63) is 71.0 Å². The Hall–Kier alpha value is -3.52. The number of carbonyl (C=O) groups excluding carboxylic acids is 2. The van der Waals surface area contributed by atoms with E-state index in [1.165, 1.54) is 0 Å². The summed E-state index contributed by atoms with van der Waals surface area (Å²) in [5.74, 6) is 0.524. The molecule has 0 spiro atoms. The third-order valence-corrected chi connectivity index (χ3v) is 5.77. The van der Waals surface area contributed by atoms with Crippen LogP contribution in [0.25, 0.3) is 5.69 Å². The lowest BCUT2D eigenvalue weighted by Gasteiger charge is -2.22. The number of nitrogens with one attached hydrogen (secondary N) is 1. The molecule has 33 heavy (non-hydrogen) atoms. The highest BCUT2D eigenvalue weighted by atomic mass is 35.5. The zero-order chi connectivity index (χ0) is 23.4. The maximum Gasteiger partial charge on any atom is 0.321 e. The number of aryl methyl sites for hydroxylation is 1. The molecule has 0 radical (unpaired) electrons. The second kappa shape index (κ2) is 9.95. The first-order valence-corrected chi connectivity index (χ1v) is 11.1. The molecule has 0 aliphatic carbocycles. The number of aromatic nitrogens is 2. The van der Waals surface area contributed by atoms with Crippen molar-refractivity contribution in [3.8, 4) is 11.4 Å². The highest BCUT2D eigenvalue weighted by Crippen LogP contribution is 2.24. The van der Waals surface area contributed by atoms with E-state index in [0.29, 0.717) is 54.8 Å². The Morgan fingerprint density at radius 1 is 1.03 bits per heavy atom. The smallest absolute Gasteiger partial charge is 0.321 e. The van der Waals surface area contributed by atoms with E-state index in [-0.39, 0.29) is 11.9 Å². The monoisotopic (exact) mass is 467 g/mol. The van der Waals surface area contributed by atoms with Gasteiger partial charge in [0, 0.05) is 43.1 Å². The number of hydrogen-bond acceptors (Lipinski definition) is 4. The van der Waals surface area contributed by atoms with Crippen LogP contribution in [0.1, 0.15) is 22.5 Å². The van der Waals surface area contributed by atoms with Crippen LogP contribution in [-0.4, -0.2) is 64.8 Å². The predicted octanol–water partition coefficient (Wildman–Crippen LogP) is 4.22. The van der Waals surface area contributed by atoms with Gasteiger partial charge in [0.05, 0.1) is 7.11 Å². The minimum Gasteiger partial charge on any atom is -0.494 e. The Morgan fingerprint density at radius 2 is 1.82 bits per heavy atom. The molecule has 1 aliphatic rings. The number of anilines is 1. The zero-order valence-electron chi connectivity index (χ0n) is 18.6. The number of carbonyl (C=O) groups is 2. The maximum absolute atomic E-state index is 13.1. The lowest BCUT2D eigenvalue weighted by Crippen LogP contribution is -2.39. The zero-order valence-corrected chi connectivity index (χ0v) is 19.4. The molecule has 1 aromatic heterocycles. The van der Waals surface area contributed by atoms with E-state index in [0.717, 1.165) is 11.3 Å². The number of hydrogen-bond donors (Lipinski definition) is 1. The SMILES string of the molecule is COc1ccc(C)cc1-n1ccc(C(=O)N2CCCN(C(=O)Nc3cccc(Cl)c3)CC2)n1. The van der Waals surface area contributed by atoms with E-state index in [9.17, 15) is 9.59 Å². The first-order valence-electron chi connectivity index (χ1n) is 10.8. The molecule has 4 rings (SSSR count). The molecule has 9 heteroatoms. The Labute approximate surface area is 197 Å². The molecule has 1 N–H and O–H groups in total. The van der Waals surface area contributed by atoms with Crippen LogP contribution < -0.4 is 10.1 Å². The summed E-state index contributed by atoms with van der Waals surface area (Å²) in [4.78, 5) is 29.2. The number of ether oxygens (including phenoxy) is 1. The van der Waals surface area contributed by atoms with Gasteiger partial charge in [0.25, 0.3) is 5.91 Å². The second-order valence-electron chi connectivity index (χ2n) is 7.89. The summed E-state index contributed by atoms with van der Waals surface area (Å²) in [6, 6.07) is 14.3. The predicted molar refractivity (Wildman–Crippen MR) is 127 cm³/mol. The molecule has 0 bridgehead atoms. The van der Waals surface area contributed by atoms with Crippen LogP contribution >= 0.6 is 11.6 Å². The van der Waals surface area contributed by atoms with Crippen molar-refractivity contribution in [2.75, 3.05) is 38.6 Å². The fourth-order valence-electron chi connectivity index (χ4n) is 3.81. The average molecular weight is 468 g/mol. The van der Waals surface area contributed by atoms with Crippen molar-refractivity contribution >= 4 is 29.2 Å². The van der Waals surface area contributed by atoms with Crippen LogP contribution in [0.15, 0.2) is 54.7 Å². The molecule has 8 nitrogen and oxygen atoms in total. The fraction of sp³-hybridized carbons (Fsp3) is 0.292. The second-order valence-corrected chi connectivity index (χ2v) is 8.33. The summed E-state index contributed by atoms with van der Waals surface area (Å²) < 4.78 is 7.09. The largest absolute Gasteiger partial charge is 0.494 e. The van der Waals surface area contributed by atoms with Crippen molar-refractivity contribution < 1.29 is 14.3 Å². The van der Waals surface area contributed by atoms with Gasteiger partial charge < -0.3 is 19.9 Å². The molecule has 2 aromatic carbocycles. The highest BCUT2D eigenvalue weighted by Gasteiger charge is 2.24. The summed E-state index contributed by atoms with van der Waals surface area (Å²) in [6.07, 6.45) is 2.44. The molecule has 0 saturated carbocycles. The van der Waals surface area contributed by atoms with Crippen LogP contribution in [0.5, 0.6) is 5.75 Å². The maximum atomic E-state index is 13.1. The van der Waals surface area contributed by atoms with Crippen LogP contribution in [0.3, 0.4) is 0 Å². The van der Waals surface area contributed by atoms with Gasteiger partial charge in [0.15, 0.2) is 5.69 Å². The first-order chi connectivity index (χ1) is 15.9. The molecule has 0 atom stereocenters. The van der Waals surface area contributed by atoms with E-state index in [1.54, 1.807) is 58.1 Å². The number of methoxy groups -OCH3 is 1. The lowest BCUT2D eigenvalue weighted by molar-refractivity contribution is 0.0756. The lowest BCUT2D eigenvalue weighted by atomic mass is 10.2. The van der Waals surface area contributed by atoms with Gasteiger partial charge in [-0.1, -0.05) is 23.7 Å². The Bertz CT molecular complexity index is 1160. The third kappa shape index (κ3) is 5.28. The molecule has 1 saturated heterocycles. The van der Waals surface area contributed by atoms with Crippen molar-refractivity contribution in [2.24, 2.45) is 0 Å². The number of benzene rings is 2. The molecular formula is C24H26ClN5O3. The Kier molecular flexibility index (Phi) is 6.84. The molecule has 3 amide bonds.